The summed E-state index contributed by atoms with van der Waals surface area (Å²) >= 11 is 1.42. The van der Waals surface area contributed by atoms with E-state index in [1.165, 1.54) is 17.3 Å². The summed E-state index contributed by atoms with van der Waals surface area (Å²) in [7, 11) is 1.92. The Balaban J connectivity index is 1.68. The molecular formula is C19H19N3OS. The first kappa shape index (κ1) is 16.5. The molecule has 0 radical (unpaired) electrons. The minimum atomic E-state index is 0.104. The first-order chi connectivity index (χ1) is 11.7. The van der Waals surface area contributed by atoms with Crippen molar-refractivity contribution in [1.82, 2.24) is 14.8 Å². The van der Waals surface area contributed by atoms with E-state index in [1.807, 2.05) is 66.2 Å². The van der Waals surface area contributed by atoms with Crippen LogP contribution in [-0.2, 0) is 13.5 Å². The first-order valence-electron chi connectivity index (χ1n) is 7.88. The van der Waals surface area contributed by atoms with Crippen molar-refractivity contribution in [3.8, 4) is 11.4 Å². The van der Waals surface area contributed by atoms with E-state index >= 15 is 0 Å². The second-order valence-electron chi connectivity index (χ2n) is 5.49. The van der Waals surface area contributed by atoms with Crippen LogP contribution < -0.4 is 0 Å². The maximum atomic E-state index is 12.3. The highest BCUT2D eigenvalue weighted by Crippen LogP contribution is 2.23. The predicted molar refractivity (Wildman–Crippen MR) is 97.3 cm³/mol. The fourth-order valence-electron chi connectivity index (χ4n) is 2.42. The highest BCUT2D eigenvalue weighted by molar-refractivity contribution is 7.99. The van der Waals surface area contributed by atoms with Gasteiger partial charge in [-0.1, -0.05) is 73.3 Å². The molecule has 1 aromatic heterocycles. The van der Waals surface area contributed by atoms with Gasteiger partial charge in [0.15, 0.2) is 16.8 Å². The largest absolute Gasteiger partial charge is 0.305 e. The molecule has 0 fully saturated rings. The number of hydrogen-bond acceptors (Lipinski definition) is 4. The van der Waals surface area contributed by atoms with Crippen molar-refractivity contribution in [3.05, 3.63) is 65.7 Å². The van der Waals surface area contributed by atoms with Gasteiger partial charge in [-0.3, -0.25) is 4.79 Å². The summed E-state index contributed by atoms with van der Waals surface area (Å²) in [6.45, 7) is 2.10. The number of carbonyl (C=O) groups is 1. The molecule has 5 heteroatoms. The summed E-state index contributed by atoms with van der Waals surface area (Å²) in [5, 5.41) is 9.19. The molecule has 2 aromatic carbocycles. The van der Waals surface area contributed by atoms with Crippen LogP contribution in [0.4, 0.5) is 0 Å². The van der Waals surface area contributed by atoms with Crippen LogP contribution in [-0.4, -0.2) is 26.3 Å². The molecule has 4 nitrogen and oxygen atoms in total. The zero-order valence-electron chi connectivity index (χ0n) is 13.8. The molecule has 0 bridgehead atoms. The number of rotatable bonds is 6. The van der Waals surface area contributed by atoms with Gasteiger partial charge in [0.25, 0.3) is 0 Å². The molecule has 3 aromatic rings. The minimum Gasteiger partial charge on any atom is -0.305 e. The number of ketones is 1. The SMILES string of the molecule is CCc1ccc(C(=O)CSc2nnc(-c3ccccc3)n2C)cc1. The highest BCUT2D eigenvalue weighted by atomic mass is 32.2. The number of hydrogen-bond donors (Lipinski definition) is 0. The molecule has 0 amide bonds. The molecule has 0 saturated heterocycles. The van der Waals surface area contributed by atoms with Gasteiger partial charge < -0.3 is 4.57 Å². The lowest BCUT2D eigenvalue weighted by Gasteiger charge is -2.04. The molecule has 0 N–H and O–H groups in total. The Morgan fingerprint density at radius 2 is 1.75 bits per heavy atom. The summed E-state index contributed by atoms with van der Waals surface area (Å²) in [6, 6.07) is 17.7. The maximum Gasteiger partial charge on any atom is 0.191 e. The average molecular weight is 337 g/mol. The third kappa shape index (κ3) is 3.57. The lowest BCUT2D eigenvalue weighted by Crippen LogP contribution is -2.04. The second-order valence-corrected chi connectivity index (χ2v) is 6.44. The summed E-state index contributed by atoms with van der Waals surface area (Å²) in [5.74, 6) is 1.26. The van der Waals surface area contributed by atoms with Crippen LogP contribution in [0.2, 0.25) is 0 Å². The summed E-state index contributed by atoms with van der Waals surface area (Å²) in [4.78, 5) is 12.3. The Morgan fingerprint density at radius 3 is 2.42 bits per heavy atom. The standard InChI is InChI=1S/C19H19N3OS/c1-3-14-9-11-15(12-10-14)17(23)13-24-19-21-20-18(22(19)2)16-7-5-4-6-8-16/h4-12H,3,13H2,1-2H3. The number of aryl methyl sites for hydroxylation is 1. The van der Waals surface area contributed by atoms with Gasteiger partial charge in [0, 0.05) is 18.2 Å². The molecule has 0 aliphatic rings. The van der Waals surface area contributed by atoms with Crippen molar-refractivity contribution in [1.29, 1.82) is 0 Å². The number of carbonyl (C=O) groups excluding carboxylic acids is 1. The molecular weight excluding hydrogens is 318 g/mol. The first-order valence-corrected chi connectivity index (χ1v) is 8.87. The Labute approximate surface area is 145 Å². The Hall–Kier alpha value is -2.40. The molecule has 0 atom stereocenters. The van der Waals surface area contributed by atoms with Gasteiger partial charge in [0.05, 0.1) is 5.75 Å². The molecule has 24 heavy (non-hydrogen) atoms. The quantitative estimate of drug-likeness (QED) is 0.503. The van der Waals surface area contributed by atoms with Gasteiger partial charge in [0.2, 0.25) is 0 Å². The minimum absolute atomic E-state index is 0.104. The van der Waals surface area contributed by atoms with Crippen LogP contribution in [0.25, 0.3) is 11.4 Å². The van der Waals surface area contributed by atoms with Gasteiger partial charge in [-0.05, 0) is 12.0 Å². The summed E-state index contributed by atoms with van der Waals surface area (Å²) in [5.41, 5.74) is 2.99. The van der Waals surface area contributed by atoms with Crippen LogP contribution in [0.1, 0.15) is 22.8 Å². The fraction of sp³-hybridized carbons (Fsp3) is 0.211. The van der Waals surface area contributed by atoms with Gasteiger partial charge in [-0.15, -0.1) is 10.2 Å². The molecule has 122 valence electrons. The van der Waals surface area contributed by atoms with Gasteiger partial charge in [-0.25, -0.2) is 0 Å². The molecule has 0 aliphatic heterocycles. The van der Waals surface area contributed by atoms with E-state index in [-0.39, 0.29) is 5.78 Å². The summed E-state index contributed by atoms with van der Waals surface area (Å²) < 4.78 is 1.92. The van der Waals surface area contributed by atoms with E-state index in [2.05, 4.69) is 17.1 Å². The molecule has 3 rings (SSSR count). The number of nitrogens with zero attached hydrogens (tertiary/aromatic N) is 3. The van der Waals surface area contributed by atoms with Crippen LogP contribution in [0.15, 0.2) is 59.8 Å². The molecule has 0 spiro atoms. The van der Waals surface area contributed by atoms with Crippen molar-refractivity contribution in [2.75, 3.05) is 5.75 Å². The monoisotopic (exact) mass is 337 g/mol. The van der Waals surface area contributed by atoms with E-state index in [9.17, 15) is 4.79 Å². The van der Waals surface area contributed by atoms with Crippen LogP contribution in [0.5, 0.6) is 0 Å². The normalized spacial score (nSPS) is 10.8. The van der Waals surface area contributed by atoms with Crippen molar-refractivity contribution in [2.45, 2.75) is 18.5 Å². The van der Waals surface area contributed by atoms with Crippen LogP contribution >= 0.6 is 11.8 Å². The van der Waals surface area contributed by atoms with E-state index in [1.54, 1.807) is 0 Å². The van der Waals surface area contributed by atoms with Crippen LogP contribution in [0.3, 0.4) is 0 Å². The number of thioether (sulfide) groups is 1. The third-order valence-corrected chi connectivity index (χ3v) is 4.90. The number of benzene rings is 2. The highest BCUT2D eigenvalue weighted by Gasteiger charge is 2.13. The van der Waals surface area contributed by atoms with E-state index < -0.39 is 0 Å². The Morgan fingerprint density at radius 1 is 1.04 bits per heavy atom. The molecule has 0 saturated carbocycles. The van der Waals surface area contributed by atoms with Gasteiger partial charge in [0.1, 0.15) is 0 Å². The maximum absolute atomic E-state index is 12.3. The van der Waals surface area contributed by atoms with E-state index in [4.69, 9.17) is 0 Å². The van der Waals surface area contributed by atoms with Crippen molar-refractivity contribution in [3.63, 3.8) is 0 Å². The topological polar surface area (TPSA) is 47.8 Å². The average Bonchev–Trinajstić information content (AvgIpc) is 3.01. The Kier molecular flexibility index (Phi) is 5.11. The van der Waals surface area contributed by atoms with Crippen molar-refractivity contribution < 1.29 is 4.79 Å². The fourth-order valence-corrected chi connectivity index (χ4v) is 3.22. The van der Waals surface area contributed by atoms with Crippen molar-refractivity contribution >= 4 is 17.5 Å². The van der Waals surface area contributed by atoms with Gasteiger partial charge in [-0.2, -0.15) is 0 Å². The lowest BCUT2D eigenvalue weighted by atomic mass is 10.1. The number of aromatic nitrogens is 3. The zero-order chi connectivity index (χ0) is 16.9. The molecule has 0 unspecified atom stereocenters. The smallest absolute Gasteiger partial charge is 0.191 e. The van der Waals surface area contributed by atoms with E-state index in [0.717, 1.165) is 28.5 Å². The predicted octanol–water partition coefficient (Wildman–Crippen LogP) is 4.02. The number of Topliss-reactive ketones (excluding diaryl/α,β-unsaturated/α-hetero) is 1. The lowest BCUT2D eigenvalue weighted by molar-refractivity contribution is 0.102. The van der Waals surface area contributed by atoms with Gasteiger partial charge >= 0.3 is 0 Å². The Bertz CT molecular complexity index is 826. The zero-order valence-corrected chi connectivity index (χ0v) is 14.6. The second kappa shape index (κ2) is 7.45. The van der Waals surface area contributed by atoms with Crippen LogP contribution in [0, 0.1) is 0 Å². The molecule has 1 heterocycles. The molecule has 0 aliphatic carbocycles. The third-order valence-electron chi connectivity index (χ3n) is 3.88. The summed E-state index contributed by atoms with van der Waals surface area (Å²) in [6.07, 6.45) is 0.977. The van der Waals surface area contributed by atoms with Crippen molar-refractivity contribution in [2.24, 2.45) is 7.05 Å². The van der Waals surface area contributed by atoms with E-state index in [0.29, 0.717) is 5.75 Å².